The number of aromatic nitrogens is 2. The van der Waals surface area contributed by atoms with Crippen LogP contribution in [0.15, 0.2) is 24.5 Å². The van der Waals surface area contributed by atoms with Crippen LogP contribution in [0, 0.1) is 5.41 Å². The molecule has 0 amide bonds. The van der Waals surface area contributed by atoms with E-state index in [2.05, 4.69) is 23.7 Å². The smallest absolute Gasteiger partial charge is 0.186 e. The number of nitrogens with zero attached hydrogens (tertiary/aromatic N) is 3. The first-order valence-corrected chi connectivity index (χ1v) is 7.89. The van der Waals surface area contributed by atoms with Crippen molar-refractivity contribution in [2.75, 3.05) is 11.9 Å². The van der Waals surface area contributed by atoms with Gasteiger partial charge in [0.1, 0.15) is 0 Å². The lowest BCUT2D eigenvalue weighted by molar-refractivity contribution is 0.0916. The van der Waals surface area contributed by atoms with Crippen LogP contribution in [0.5, 0.6) is 0 Å². The number of hydrogen-bond donors (Lipinski definition) is 0. The molecular formula is C16H19N3OS. The van der Waals surface area contributed by atoms with Crippen molar-refractivity contribution in [2.24, 2.45) is 5.41 Å². The molecule has 2 heterocycles. The second-order valence-corrected chi connectivity index (χ2v) is 7.40. The van der Waals surface area contributed by atoms with E-state index in [0.717, 1.165) is 28.7 Å². The Kier molecular flexibility index (Phi) is 3.53. The van der Waals surface area contributed by atoms with E-state index in [9.17, 15) is 4.79 Å². The molecule has 5 heteroatoms. The van der Waals surface area contributed by atoms with Gasteiger partial charge in [-0.15, -0.1) is 0 Å². The van der Waals surface area contributed by atoms with Crippen molar-refractivity contribution in [3.63, 3.8) is 0 Å². The number of ketones is 1. The van der Waals surface area contributed by atoms with E-state index in [0.29, 0.717) is 6.42 Å². The second kappa shape index (κ2) is 5.22. The van der Waals surface area contributed by atoms with E-state index in [1.807, 2.05) is 19.2 Å². The molecule has 0 aromatic carbocycles. The maximum absolute atomic E-state index is 12.2. The number of carbonyl (C=O) groups excluding carboxylic acids is 1. The fourth-order valence-electron chi connectivity index (χ4n) is 2.70. The first-order valence-electron chi connectivity index (χ1n) is 7.07. The first kappa shape index (κ1) is 14.2. The van der Waals surface area contributed by atoms with Crippen molar-refractivity contribution < 1.29 is 4.79 Å². The zero-order chi connectivity index (χ0) is 15.0. The Labute approximate surface area is 128 Å². The van der Waals surface area contributed by atoms with Gasteiger partial charge in [-0.3, -0.25) is 9.78 Å². The maximum atomic E-state index is 12.2. The summed E-state index contributed by atoms with van der Waals surface area (Å²) in [6.07, 6.45) is 5.09. The van der Waals surface area contributed by atoms with Gasteiger partial charge < -0.3 is 4.90 Å². The first-order chi connectivity index (χ1) is 9.94. The molecule has 4 nitrogen and oxygen atoms in total. The Bertz CT molecular complexity index is 663. The highest BCUT2D eigenvalue weighted by Crippen LogP contribution is 2.39. The van der Waals surface area contributed by atoms with E-state index in [-0.39, 0.29) is 11.2 Å². The predicted molar refractivity (Wildman–Crippen MR) is 84.9 cm³/mol. The zero-order valence-corrected chi connectivity index (χ0v) is 13.4. The van der Waals surface area contributed by atoms with Crippen LogP contribution in [0.4, 0.5) is 5.13 Å². The third-order valence-electron chi connectivity index (χ3n) is 3.72. The summed E-state index contributed by atoms with van der Waals surface area (Å²) in [6, 6.07) is 4.00. The summed E-state index contributed by atoms with van der Waals surface area (Å²) in [5.41, 5.74) is 2.18. The van der Waals surface area contributed by atoms with Crippen LogP contribution < -0.4 is 4.90 Å². The molecule has 1 aliphatic carbocycles. The molecule has 0 aliphatic heterocycles. The van der Waals surface area contributed by atoms with Gasteiger partial charge in [0.05, 0.1) is 10.6 Å². The fourth-order valence-corrected chi connectivity index (χ4v) is 3.68. The van der Waals surface area contributed by atoms with E-state index in [1.165, 1.54) is 16.9 Å². The maximum Gasteiger partial charge on any atom is 0.186 e. The number of fused-ring (bicyclic) bond motifs is 1. The molecule has 0 unspecified atom stereocenters. The summed E-state index contributed by atoms with van der Waals surface area (Å²) in [4.78, 5) is 23.9. The Morgan fingerprint density at radius 1 is 1.29 bits per heavy atom. The molecule has 0 saturated carbocycles. The van der Waals surface area contributed by atoms with Gasteiger partial charge in [-0.1, -0.05) is 25.2 Å². The van der Waals surface area contributed by atoms with Crippen LogP contribution in [0.2, 0.25) is 0 Å². The molecule has 0 saturated heterocycles. The van der Waals surface area contributed by atoms with Crippen LogP contribution in [0.3, 0.4) is 0 Å². The largest absolute Gasteiger partial charge is 0.347 e. The molecule has 0 atom stereocenters. The highest BCUT2D eigenvalue weighted by Gasteiger charge is 2.34. The van der Waals surface area contributed by atoms with Gasteiger partial charge in [0.2, 0.25) is 0 Å². The number of thiazole rings is 1. The number of carbonyl (C=O) groups is 1. The van der Waals surface area contributed by atoms with Crippen molar-refractivity contribution in [3.8, 4) is 0 Å². The Morgan fingerprint density at radius 2 is 2.00 bits per heavy atom. The second-order valence-electron chi connectivity index (χ2n) is 6.42. The summed E-state index contributed by atoms with van der Waals surface area (Å²) >= 11 is 1.52. The Balaban J connectivity index is 1.83. The summed E-state index contributed by atoms with van der Waals surface area (Å²) in [5, 5.41) is 0.919. The zero-order valence-electron chi connectivity index (χ0n) is 12.6. The molecule has 0 fully saturated rings. The average Bonchev–Trinajstić information content (AvgIpc) is 2.82. The molecule has 21 heavy (non-hydrogen) atoms. The monoisotopic (exact) mass is 301 g/mol. The van der Waals surface area contributed by atoms with Crippen molar-refractivity contribution in [2.45, 2.75) is 33.2 Å². The summed E-state index contributed by atoms with van der Waals surface area (Å²) < 4.78 is 0. The topological polar surface area (TPSA) is 46.1 Å². The lowest BCUT2D eigenvalue weighted by Crippen LogP contribution is -2.26. The summed E-state index contributed by atoms with van der Waals surface area (Å²) in [7, 11) is 2.01. The number of pyridine rings is 1. The van der Waals surface area contributed by atoms with Crippen molar-refractivity contribution in [3.05, 3.63) is 40.7 Å². The summed E-state index contributed by atoms with van der Waals surface area (Å²) in [6.45, 7) is 5.04. The molecule has 2 aromatic heterocycles. The lowest BCUT2D eigenvalue weighted by atomic mass is 9.78. The van der Waals surface area contributed by atoms with Crippen LogP contribution >= 0.6 is 11.3 Å². The fraction of sp³-hybridized carbons (Fsp3) is 0.438. The average molecular weight is 301 g/mol. The van der Waals surface area contributed by atoms with E-state index < -0.39 is 0 Å². The molecule has 3 rings (SSSR count). The molecule has 110 valence electrons. The minimum absolute atomic E-state index is 0.0269. The van der Waals surface area contributed by atoms with Crippen molar-refractivity contribution >= 4 is 22.3 Å². The minimum Gasteiger partial charge on any atom is -0.347 e. The van der Waals surface area contributed by atoms with Gasteiger partial charge in [-0.25, -0.2) is 4.98 Å². The van der Waals surface area contributed by atoms with Crippen molar-refractivity contribution in [1.29, 1.82) is 0 Å². The number of anilines is 1. The van der Waals surface area contributed by atoms with E-state index >= 15 is 0 Å². The molecule has 0 bridgehead atoms. The molecule has 1 aliphatic rings. The minimum atomic E-state index is 0.0269. The van der Waals surface area contributed by atoms with Crippen molar-refractivity contribution in [1.82, 2.24) is 9.97 Å². The third-order valence-corrected chi connectivity index (χ3v) is 4.97. The Morgan fingerprint density at radius 3 is 2.71 bits per heavy atom. The number of hydrogen-bond acceptors (Lipinski definition) is 5. The third kappa shape index (κ3) is 2.97. The quantitative estimate of drug-likeness (QED) is 0.872. The molecule has 0 N–H and O–H groups in total. The van der Waals surface area contributed by atoms with Gasteiger partial charge in [-0.2, -0.15) is 0 Å². The lowest BCUT2D eigenvalue weighted by Gasteiger charge is -2.26. The molecule has 2 aromatic rings. The van der Waals surface area contributed by atoms with Crippen LogP contribution in [0.1, 0.15) is 41.2 Å². The molecule has 0 spiro atoms. The molecular weight excluding hydrogens is 282 g/mol. The van der Waals surface area contributed by atoms with Gasteiger partial charge in [-0.05, 0) is 29.5 Å². The van der Waals surface area contributed by atoms with E-state index in [1.54, 1.807) is 12.4 Å². The number of Topliss-reactive ketones (excluding diaryl/α,β-unsaturated/α-hetero) is 1. The normalized spacial score (nSPS) is 16.6. The van der Waals surface area contributed by atoms with E-state index in [4.69, 9.17) is 4.98 Å². The van der Waals surface area contributed by atoms with Gasteiger partial charge in [0, 0.05) is 32.4 Å². The van der Waals surface area contributed by atoms with Crippen LogP contribution in [-0.2, 0) is 13.0 Å². The standard InChI is InChI=1S/C16H19N3OS/c1-16(2)8-12-14(13(20)9-16)21-15(18-12)19(3)10-11-4-6-17-7-5-11/h4-7H,8-10H2,1-3H3. The van der Waals surface area contributed by atoms with Crippen LogP contribution in [0.25, 0.3) is 0 Å². The number of rotatable bonds is 3. The van der Waals surface area contributed by atoms with Crippen LogP contribution in [-0.4, -0.2) is 22.8 Å². The Hall–Kier alpha value is -1.75. The highest BCUT2D eigenvalue weighted by molar-refractivity contribution is 7.17. The SMILES string of the molecule is CN(Cc1ccncc1)c1nc2c(s1)C(=O)CC(C)(C)C2. The van der Waals surface area contributed by atoms with Gasteiger partial charge in [0.15, 0.2) is 10.9 Å². The van der Waals surface area contributed by atoms with Gasteiger partial charge >= 0.3 is 0 Å². The highest BCUT2D eigenvalue weighted by atomic mass is 32.1. The predicted octanol–water partition coefficient (Wildman–Crippen LogP) is 3.33. The summed E-state index contributed by atoms with van der Waals surface area (Å²) in [5.74, 6) is 0.238. The van der Waals surface area contributed by atoms with Gasteiger partial charge in [0.25, 0.3) is 0 Å². The molecule has 0 radical (unpaired) electrons.